The van der Waals surface area contributed by atoms with E-state index in [2.05, 4.69) is 79.6 Å². The van der Waals surface area contributed by atoms with Crippen LogP contribution >= 0.6 is 63.7 Å². The number of nitrogens with zero attached hydrogens (tertiary/aromatic N) is 1. The van der Waals surface area contributed by atoms with Gasteiger partial charge in [-0.3, -0.25) is 4.79 Å². The van der Waals surface area contributed by atoms with Crippen molar-refractivity contribution in [1.82, 2.24) is 5.43 Å². The average Bonchev–Trinajstić information content (AvgIpc) is 2.46. The third-order valence-corrected chi connectivity index (χ3v) is 4.89. The molecule has 2 N–H and O–H groups in total. The van der Waals surface area contributed by atoms with Crippen LogP contribution in [0.5, 0.6) is 0 Å². The quantitative estimate of drug-likeness (QED) is 0.380. The standard InChI is InChI=1S/C15H11Br4N3O/c16-10-3-1-2-9(4-10)7-21-22-14(23)8-20-15-12(18)5-11(17)6-13(15)19/h1-7,20H,8H2,(H,22,23). The molecule has 0 aliphatic rings. The highest BCUT2D eigenvalue weighted by Crippen LogP contribution is 2.34. The minimum Gasteiger partial charge on any atom is -0.374 e. The highest BCUT2D eigenvalue weighted by atomic mass is 79.9. The molecule has 4 nitrogen and oxygen atoms in total. The Labute approximate surface area is 167 Å². The van der Waals surface area contributed by atoms with Crippen LogP contribution in [0.3, 0.4) is 0 Å². The largest absolute Gasteiger partial charge is 0.374 e. The van der Waals surface area contributed by atoms with Gasteiger partial charge in [-0.15, -0.1) is 0 Å². The topological polar surface area (TPSA) is 53.5 Å². The maximum atomic E-state index is 11.8. The minimum absolute atomic E-state index is 0.106. The molecule has 1 amide bonds. The summed E-state index contributed by atoms with van der Waals surface area (Å²) in [7, 11) is 0. The summed E-state index contributed by atoms with van der Waals surface area (Å²) in [6.45, 7) is 0.106. The Morgan fingerprint density at radius 3 is 2.39 bits per heavy atom. The number of halogens is 4. The van der Waals surface area contributed by atoms with Crippen LogP contribution in [-0.4, -0.2) is 18.7 Å². The first-order chi connectivity index (χ1) is 11.0. The van der Waals surface area contributed by atoms with Crippen molar-refractivity contribution in [3.05, 3.63) is 59.9 Å². The van der Waals surface area contributed by atoms with Crippen LogP contribution in [0.2, 0.25) is 0 Å². The number of nitrogens with one attached hydrogen (secondary N) is 2. The van der Waals surface area contributed by atoms with Crippen molar-refractivity contribution in [2.45, 2.75) is 0 Å². The van der Waals surface area contributed by atoms with Crippen LogP contribution in [0, 0.1) is 0 Å². The van der Waals surface area contributed by atoms with E-state index in [1.54, 1.807) is 6.21 Å². The fourth-order valence-electron chi connectivity index (χ4n) is 1.68. The molecule has 2 aromatic rings. The molecule has 0 aromatic heterocycles. The lowest BCUT2D eigenvalue weighted by atomic mass is 10.2. The molecule has 0 heterocycles. The fraction of sp³-hybridized carbons (Fsp3) is 0.0667. The molecule has 0 aliphatic heterocycles. The van der Waals surface area contributed by atoms with E-state index < -0.39 is 0 Å². The second kappa shape index (κ2) is 8.96. The van der Waals surface area contributed by atoms with Gasteiger partial charge in [0.15, 0.2) is 0 Å². The average molecular weight is 569 g/mol. The van der Waals surface area contributed by atoms with Crippen molar-refractivity contribution in [3.8, 4) is 0 Å². The van der Waals surface area contributed by atoms with Gasteiger partial charge in [0.05, 0.1) is 18.4 Å². The predicted molar refractivity (Wildman–Crippen MR) is 108 cm³/mol. The molecule has 0 radical (unpaired) electrons. The number of hydrogen-bond donors (Lipinski definition) is 2. The molecular weight excluding hydrogens is 558 g/mol. The number of amides is 1. The van der Waals surface area contributed by atoms with E-state index in [0.29, 0.717) is 0 Å². The van der Waals surface area contributed by atoms with Crippen LogP contribution in [-0.2, 0) is 4.79 Å². The molecule has 120 valence electrons. The zero-order valence-electron chi connectivity index (χ0n) is 11.6. The van der Waals surface area contributed by atoms with Gasteiger partial charge in [-0.25, -0.2) is 5.43 Å². The molecular formula is C15H11Br4N3O. The van der Waals surface area contributed by atoms with Gasteiger partial charge in [0.2, 0.25) is 0 Å². The van der Waals surface area contributed by atoms with Gasteiger partial charge in [-0.05, 0) is 61.7 Å². The van der Waals surface area contributed by atoms with Gasteiger partial charge in [0.25, 0.3) is 5.91 Å². The van der Waals surface area contributed by atoms with E-state index in [1.165, 1.54) is 0 Å². The zero-order chi connectivity index (χ0) is 16.8. The van der Waals surface area contributed by atoms with Crippen molar-refractivity contribution in [3.63, 3.8) is 0 Å². The Kier molecular flexibility index (Phi) is 7.26. The SMILES string of the molecule is O=C(CNc1c(Br)cc(Br)cc1Br)NN=Cc1cccc(Br)c1. The first kappa shape index (κ1) is 18.6. The molecule has 0 saturated carbocycles. The van der Waals surface area contributed by atoms with Crippen LogP contribution in [0.15, 0.2) is 59.4 Å². The fourth-order valence-corrected chi connectivity index (χ4v) is 4.64. The summed E-state index contributed by atoms with van der Waals surface area (Å²) in [5.74, 6) is -0.238. The van der Waals surface area contributed by atoms with Crippen LogP contribution < -0.4 is 10.7 Å². The lowest BCUT2D eigenvalue weighted by Crippen LogP contribution is -2.26. The van der Waals surface area contributed by atoms with Crippen molar-refractivity contribution in [1.29, 1.82) is 0 Å². The summed E-state index contributed by atoms with van der Waals surface area (Å²) in [4.78, 5) is 11.8. The van der Waals surface area contributed by atoms with E-state index in [-0.39, 0.29) is 12.5 Å². The van der Waals surface area contributed by atoms with Gasteiger partial charge < -0.3 is 5.32 Å². The normalized spacial score (nSPS) is 10.8. The summed E-state index contributed by atoms with van der Waals surface area (Å²) in [5.41, 5.74) is 4.18. The maximum absolute atomic E-state index is 11.8. The van der Waals surface area contributed by atoms with E-state index in [9.17, 15) is 4.79 Å². The van der Waals surface area contributed by atoms with Crippen LogP contribution in [0.25, 0.3) is 0 Å². The smallest absolute Gasteiger partial charge is 0.259 e. The monoisotopic (exact) mass is 565 g/mol. The number of benzene rings is 2. The third-order valence-electron chi connectivity index (χ3n) is 2.68. The lowest BCUT2D eigenvalue weighted by Gasteiger charge is -2.10. The second-order valence-electron chi connectivity index (χ2n) is 4.45. The maximum Gasteiger partial charge on any atom is 0.259 e. The molecule has 2 rings (SSSR count). The van der Waals surface area contributed by atoms with Gasteiger partial charge in [-0.2, -0.15) is 5.10 Å². The summed E-state index contributed by atoms with van der Waals surface area (Å²) in [6, 6.07) is 11.4. The number of carbonyl (C=O) groups is 1. The number of hydrogen-bond acceptors (Lipinski definition) is 3. The summed E-state index contributed by atoms with van der Waals surface area (Å²) in [5, 5.41) is 7.00. The van der Waals surface area contributed by atoms with Gasteiger partial charge in [0.1, 0.15) is 0 Å². The predicted octanol–water partition coefficient (Wildman–Crippen LogP) is 5.30. The van der Waals surface area contributed by atoms with E-state index in [4.69, 9.17) is 0 Å². The number of rotatable bonds is 5. The van der Waals surface area contributed by atoms with E-state index in [0.717, 1.165) is 29.1 Å². The lowest BCUT2D eigenvalue weighted by molar-refractivity contribution is -0.119. The summed E-state index contributed by atoms with van der Waals surface area (Å²) in [6.07, 6.45) is 1.59. The summed E-state index contributed by atoms with van der Waals surface area (Å²) >= 11 is 13.7. The van der Waals surface area contributed by atoms with Crippen molar-refractivity contribution >= 4 is 81.5 Å². The van der Waals surface area contributed by atoms with Gasteiger partial charge in [-0.1, -0.05) is 44.0 Å². The van der Waals surface area contributed by atoms with E-state index in [1.807, 2.05) is 36.4 Å². The number of hydrazone groups is 1. The molecule has 0 aliphatic carbocycles. The molecule has 0 unspecified atom stereocenters. The van der Waals surface area contributed by atoms with Gasteiger partial charge in [0, 0.05) is 17.9 Å². The Morgan fingerprint density at radius 1 is 1.04 bits per heavy atom. The van der Waals surface area contributed by atoms with E-state index >= 15 is 0 Å². The molecule has 8 heteroatoms. The molecule has 0 fully saturated rings. The molecule has 2 aromatic carbocycles. The molecule has 0 bridgehead atoms. The van der Waals surface area contributed by atoms with Crippen LogP contribution in [0.4, 0.5) is 5.69 Å². The molecule has 23 heavy (non-hydrogen) atoms. The Balaban J connectivity index is 1.88. The Morgan fingerprint density at radius 2 is 1.74 bits per heavy atom. The summed E-state index contributed by atoms with van der Waals surface area (Å²) < 4.78 is 3.60. The Hall–Kier alpha value is -0.700. The minimum atomic E-state index is -0.238. The van der Waals surface area contributed by atoms with Crippen LogP contribution in [0.1, 0.15) is 5.56 Å². The first-order valence-corrected chi connectivity index (χ1v) is 9.59. The Bertz CT molecular complexity index is 726. The zero-order valence-corrected chi connectivity index (χ0v) is 18.0. The highest BCUT2D eigenvalue weighted by molar-refractivity contribution is 9.11. The highest BCUT2D eigenvalue weighted by Gasteiger charge is 2.08. The second-order valence-corrected chi connectivity index (χ2v) is 7.99. The van der Waals surface area contributed by atoms with Crippen molar-refractivity contribution < 1.29 is 4.79 Å². The molecule has 0 spiro atoms. The number of anilines is 1. The third kappa shape index (κ3) is 6.02. The number of carbonyl (C=O) groups excluding carboxylic acids is 1. The van der Waals surface area contributed by atoms with Crippen molar-refractivity contribution in [2.24, 2.45) is 5.10 Å². The molecule has 0 atom stereocenters. The van der Waals surface area contributed by atoms with Gasteiger partial charge >= 0.3 is 0 Å². The first-order valence-electron chi connectivity index (χ1n) is 6.41. The molecule has 0 saturated heterocycles. The van der Waals surface area contributed by atoms with Crippen molar-refractivity contribution in [2.75, 3.05) is 11.9 Å².